The molecule has 0 aromatic carbocycles. The lowest BCUT2D eigenvalue weighted by Crippen LogP contribution is -2.63. The van der Waals surface area contributed by atoms with Crippen LogP contribution in [0.1, 0.15) is 58.3 Å². The maximum absolute atomic E-state index is 6.34. The zero-order valence-corrected chi connectivity index (χ0v) is 14.2. The lowest BCUT2D eigenvalue weighted by Gasteiger charge is -2.53. The quantitative estimate of drug-likeness (QED) is 0.827. The minimum atomic E-state index is 0.227. The molecule has 0 radical (unpaired) electrons. The van der Waals surface area contributed by atoms with Gasteiger partial charge in [-0.25, -0.2) is 0 Å². The van der Waals surface area contributed by atoms with Crippen molar-refractivity contribution in [2.75, 3.05) is 6.54 Å². The molecule has 0 spiro atoms. The summed E-state index contributed by atoms with van der Waals surface area (Å²) in [6.07, 6.45) is 4.64. The van der Waals surface area contributed by atoms with E-state index in [9.17, 15) is 0 Å². The molecular formula is C18H30N2O. The summed E-state index contributed by atoms with van der Waals surface area (Å²) in [4.78, 5) is 4.60. The van der Waals surface area contributed by atoms with Crippen LogP contribution >= 0.6 is 0 Å². The number of nitrogens with zero attached hydrogens (tertiary/aromatic N) is 1. The van der Waals surface area contributed by atoms with Crippen LogP contribution in [0, 0.1) is 12.3 Å². The number of rotatable bonds is 7. The van der Waals surface area contributed by atoms with Crippen molar-refractivity contribution >= 4 is 0 Å². The van der Waals surface area contributed by atoms with Crippen LogP contribution in [0.4, 0.5) is 0 Å². The first-order valence-electron chi connectivity index (χ1n) is 8.41. The summed E-state index contributed by atoms with van der Waals surface area (Å²) in [7, 11) is 0. The summed E-state index contributed by atoms with van der Waals surface area (Å²) < 4.78 is 6.34. The van der Waals surface area contributed by atoms with Gasteiger partial charge in [0.2, 0.25) is 0 Å². The number of aromatic nitrogens is 1. The predicted molar refractivity (Wildman–Crippen MR) is 87.9 cm³/mol. The summed E-state index contributed by atoms with van der Waals surface area (Å²) in [5.74, 6) is 0.974. The first-order chi connectivity index (χ1) is 10.0. The Morgan fingerprint density at radius 1 is 1.33 bits per heavy atom. The van der Waals surface area contributed by atoms with Gasteiger partial charge in [0.05, 0.1) is 5.69 Å². The van der Waals surface area contributed by atoms with Crippen molar-refractivity contribution in [1.29, 1.82) is 0 Å². The van der Waals surface area contributed by atoms with E-state index < -0.39 is 0 Å². The SMILES string of the molecule is CCCNC1CC(Oc2ccc(C)nc2CC)C1(C)CC. The Hall–Kier alpha value is -1.09. The van der Waals surface area contributed by atoms with E-state index in [1.54, 1.807) is 0 Å². The highest BCUT2D eigenvalue weighted by Gasteiger charge is 2.51. The average Bonchev–Trinajstić information content (AvgIpc) is 2.50. The summed E-state index contributed by atoms with van der Waals surface area (Å²) in [6, 6.07) is 4.71. The van der Waals surface area contributed by atoms with Gasteiger partial charge in [-0.05, 0) is 44.9 Å². The van der Waals surface area contributed by atoms with Crippen LogP contribution in [0.2, 0.25) is 0 Å². The van der Waals surface area contributed by atoms with Crippen molar-refractivity contribution < 1.29 is 4.74 Å². The fraction of sp³-hybridized carbons (Fsp3) is 0.722. The van der Waals surface area contributed by atoms with E-state index in [1.807, 2.05) is 13.0 Å². The van der Waals surface area contributed by atoms with Crippen LogP contribution < -0.4 is 10.1 Å². The van der Waals surface area contributed by atoms with Gasteiger partial charge in [0, 0.05) is 23.6 Å². The Labute approximate surface area is 129 Å². The van der Waals surface area contributed by atoms with Crippen LogP contribution in [0.3, 0.4) is 0 Å². The number of ether oxygens (including phenoxy) is 1. The highest BCUT2D eigenvalue weighted by atomic mass is 16.5. The standard InChI is InChI=1S/C18H30N2O/c1-6-11-19-16-12-17(18(16,5)8-3)21-15-10-9-13(4)20-14(15)7-2/h9-10,16-17,19H,6-8,11-12H2,1-5H3. The van der Waals surface area contributed by atoms with Crippen molar-refractivity contribution in [3.05, 3.63) is 23.5 Å². The molecule has 21 heavy (non-hydrogen) atoms. The first kappa shape index (κ1) is 16.3. The van der Waals surface area contributed by atoms with Gasteiger partial charge in [-0.3, -0.25) is 4.98 Å². The monoisotopic (exact) mass is 290 g/mol. The molecule has 1 heterocycles. The summed E-state index contributed by atoms with van der Waals surface area (Å²) in [5, 5.41) is 3.67. The smallest absolute Gasteiger partial charge is 0.141 e. The lowest BCUT2D eigenvalue weighted by molar-refractivity contribution is -0.0706. The second kappa shape index (κ2) is 6.78. The first-order valence-corrected chi connectivity index (χ1v) is 8.41. The summed E-state index contributed by atoms with van der Waals surface area (Å²) >= 11 is 0. The Balaban J connectivity index is 2.07. The molecule has 3 atom stereocenters. The van der Waals surface area contributed by atoms with E-state index in [0.717, 1.165) is 42.9 Å². The van der Waals surface area contributed by atoms with Gasteiger partial charge >= 0.3 is 0 Å². The second-order valence-corrected chi connectivity index (χ2v) is 6.46. The van der Waals surface area contributed by atoms with Crippen molar-refractivity contribution in [3.8, 4) is 5.75 Å². The van der Waals surface area contributed by atoms with Gasteiger partial charge in [0.1, 0.15) is 11.9 Å². The average molecular weight is 290 g/mol. The molecule has 1 aliphatic carbocycles. The van der Waals surface area contributed by atoms with Gasteiger partial charge in [0.25, 0.3) is 0 Å². The maximum Gasteiger partial charge on any atom is 0.141 e. The predicted octanol–water partition coefficient (Wildman–Crippen LogP) is 3.89. The van der Waals surface area contributed by atoms with Crippen LogP contribution in [-0.4, -0.2) is 23.7 Å². The minimum Gasteiger partial charge on any atom is -0.488 e. The third-order valence-corrected chi connectivity index (χ3v) is 5.06. The van der Waals surface area contributed by atoms with Crippen molar-refractivity contribution in [2.45, 2.75) is 72.4 Å². The minimum absolute atomic E-state index is 0.227. The zero-order chi connectivity index (χ0) is 15.5. The van der Waals surface area contributed by atoms with Crippen LogP contribution in [-0.2, 0) is 6.42 Å². The molecule has 3 nitrogen and oxygen atoms in total. The Kier molecular flexibility index (Phi) is 5.26. The zero-order valence-electron chi connectivity index (χ0n) is 14.2. The fourth-order valence-corrected chi connectivity index (χ4v) is 3.22. The number of hydrogen-bond acceptors (Lipinski definition) is 3. The van der Waals surface area contributed by atoms with E-state index in [-0.39, 0.29) is 5.41 Å². The van der Waals surface area contributed by atoms with Gasteiger partial charge in [-0.1, -0.05) is 27.7 Å². The molecule has 1 saturated carbocycles. The Morgan fingerprint density at radius 2 is 2.10 bits per heavy atom. The molecule has 0 aliphatic heterocycles. The fourth-order valence-electron chi connectivity index (χ4n) is 3.22. The Morgan fingerprint density at radius 3 is 2.71 bits per heavy atom. The van der Waals surface area contributed by atoms with Crippen LogP contribution in [0.5, 0.6) is 5.75 Å². The molecule has 1 aliphatic rings. The molecule has 118 valence electrons. The van der Waals surface area contributed by atoms with Crippen LogP contribution in [0.15, 0.2) is 12.1 Å². The maximum atomic E-state index is 6.34. The van der Waals surface area contributed by atoms with E-state index in [1.165, 1.54) is 6.42 Å². The van der Waals surface area contributed by atoms with Gasteiger partial charge in [-0.2, -0.15) is 0 Å². The number of pyridine rings is 1. The highest BCUT2D eigenvalue weighted by molar-refractivity contribution is 5.30. The van der Waals surface area contributed by atoms with E-state index in [0.29, 0.717) is 12.1 Å². The number of hydrogen-bond donors (Lipinski definition) is 1. The largest absolute Gasteiger partial charge is 0.488 e. The molecule has 0 bridgehead atoms. The van der Waals surface area contributed by atoms with Gasteiger partial charge in [0.15, 0.2) is 0 Å². The highest BCUT2D eigenvalue weighted by Crippen LogP contribution is 2.46. The molecule has 2 rings (SSSR count). The van der Waals surface area contributed by atoms with Crippen molar-refractivity contribution in [1.82, 2.24) is 10.3 Å². The molecule has 3 heteroatoms. The molecule has 0 saturated heterocycles. The topological polar surface area (TPSA) is 34.1 Å². The molecule has 1 N–H and O–H groups in total. The second-order valence-electron chi connectivity index (χ2n) is 6.46. The lowest BCUT2D eigenvalue weighted by atomic mass is 9.61. The normalized spacial score (nSPS) is 28.2. The van der Waals surface area contributed by atoms with E-state index in [4.69, 9.17) is 4.74 Å². The molecule has 1 aromatic heterocycles. The third-order valence-electron chi connectivity index (χ3n) is 5.06. The van der Waals surface area contributed by atoms with Crippen molar-refractivity contribution in [2.24, 2.45) is 5.41 Å². The molecular weight excluding hydrogens is 260 g/mol. The molecule has 1 aromatic rings. The van der Waals surface area contributed by atoms with Crippen molar-refractivity contribution in [3.63, 3.8) is 0 Å². The van der Waals surface area contributed by atoms with Gasteiger partial charge in [-0.15, -0.1) is 0 Å². The van der Waals surface area contributed by atoms with E-state index >= 15 is 0 Å². The number of aryl methyl sites for hydroxylation is 2. The molecule has 0 amide bonds. The van der Waals surface area contributed by atoms with Crippen LogP contribution in [0.25, 0.3) is 0 Å². The Bertz CT molecular complexity index is 474. The van der Waals surface area contributed by atoms with Gasteiger partial charge < -0.3 is 10.1 Å². The molecule has 3 unspecified atom stereocenters. The molecule has 1 fully saturated rings. The summed E-state index contributed by atoms with van der Waals surface area (Å²) in [6.45, 7) is 12.1. The number of nitrogens with one attached hydrogen (secondary N) is 1. The third kappa shape index (κ3) is 3.23. The van der Waals surface area contributed by atoms with E-state index in [2.05, 4.69) is 44.1 Å². The summed E-state index contributed by atoms with van der Waals surface area (Å²) in [5.41, 5.74) is 2.37.